The van der Waals surface area contributed by atoms with Crippen LogP contribution < -0.4 is 21.5 Å². The zero-order valence-corrected chi connectivity index (χ0v) is 20.1. The number of hydrogen-bond donors (Lipinski definition) is 3. The Kier molecular flexibility index (Phi) is 7.36. The fourth-order valence-corrected chi connectivity index (χ4v) is 5.05. The summed E-state index contributed by atoms with van der Waals surface area (Å²) in [5, 5.41) is 9.88. The van der Waals surface area contributed by atoms with Gasteiger partial charge in [0.25, 0.3) is 5.56 Å². The van der Waals surface area contributed by atoms with Crippen LogP contribution in [0, 0.1) is 11.7 Å². The van der Waals surface area contributed by atoms with Crippen molar-refractivity contribution in [3.8, 4) is 16.9 Å². The number of amides is 1. The largest absolute Gasteiger partial charge is 0.353 e. The highest BCUT2D eigenvalue weighted by atomic mass is 19.1. The van der Waals surface area contributed by atoms with Crippen LogP contribution in [0.25, 0.3) is 16.9 Å². The van der Waals surface area contributed by atoms with Gasteiger partial charge in [-0.1, -0.05) is 18.2 Å². The summed E-state index contributed by atoms with van der Waals surface area (Å²) in [7, 11) is 0. The van der Waals surface area contributed by atoms with E-state index in [1.165, 1.54) is 16.8 Å². The van der Waals surface area contributed by atoms with Gasteiger partial charge in [-0.3, -0.25) is 14.2 Å². The van der Waals surface area contributed by atoms with E-state index in [1.54, 1.807) is 42.6 Å². The molecule has 3 heterocycles. The second-order valence-electron chi connectivity index (χ2n) is 9.58. The van der Waals surface area contributed by atoms with Crippen LogP contribution in [0.3, 0.4) is 0 Å². The first-order chi connectivity index (χ1) is 17.6. The standard InChI is InChI=1S/C27H31FN6O2/c28-23-17-30-27(32-21-9-7-20(8-10-21)31-26(36)18-11-13-29-14-12-18)33-25(23)19-4-3-5-22(16-19)34-15-2-1-6-24(34)35/h1-6,15-18,20-21,29H,7-14H2,(H,31,36)(H,30,32,33). The van der Waals surface area contributed by atoms with Crippen molar-refractivity contribution in [2.75, 3.05) is 18.4 Å². The molecule has 9 heteroatoms. The SMILES string of the molecule is O=C(NC1CCC(Nc2ncc(F)c(-c3cccc(-n4ccccc4=O)c3)n2)CC1)C1CCNCC1. The lowest BCUT2D eigenvalue weighted by Crippen LogP contribution is -2.45. The van der Waals surface area contributed by atoms with Crippen LogP contribution in [-0.4, -0.2) is 45.6 Å². The molecule has 2 aromatic heterocycles. The summed E-state index contributed by atoms with van der Waals surface area (Å²) in [6.07, 6.45) is 8.18. The van der Waals surface area contributed by atoms with E-state index in [1.807, 2.05) is 0 Å². The van der Waals surface area contributed by atoms with Crippen molar-refractivity contribution >= 4 is 11.9 Å². The van der Waals surface area contributed by atoms with E-state index in [0.29, 0.717) is 17.2 Å². The number of rotatable bonds is 6. The highest BCUT2D eigenvalue weighted by Crippen LogP contribution is 2.26. The highest BCUT2D eigenvalue weighted by molar-refractivity contribution is 5.79. The van der Waals surface area contributed by atoms with Gasteiger partial charge in [0.15, 0.2) is 5.82 Å². The Bertz CT molecular complexity index is 1260. The summed E-state index contributed by atoms with van der Waals surface area (Å²) in [6.45, 7) is 1.81. The van der Waals surface area contributed by atoms with Gasteiger partial charge >= 0.3 is 0 Å². The van der Waals surface area contributed by atoms with Crippen LogP contribution in [0.4, 0.5) is 10.3 Å². The van der Waals surface area contributed by atoms with Crippen molar-refractivity contribution in [1.29, 1.82) is 0 Å². The van der Waals surface area contributed by atoms with Gasteiger partial charge in [-0.25, -0.2) is 14.4 Å². The molecule has 2 aliphatic rings. The summed E-state index contributed by atoms with van der Waals surface area (Å²) < 4.78 is 16.2. The summed E-state index contributed by atoms with van der Waals surface area (Å²) in [6, 6.07) is 12.4. The first-order valence-corrected chi connectivity index (χ1v) is 12.7. The quantitative estimate of drug-likeness (QED) is 0.490. The monoisotopic (exact) mass is 490 g/mol. The summed E-state index contributed by atoms with van der Waals surface area (Å²) in [5.74, 6) is 0.143. The third kappa shape index (κ3) is 5.62. The van der Waals surface area contributed by atoms with Crippen molar-refractivity contribution in [2.24, 2.45) is 5.92 Å². The van der Waals surface area contributed by atoms with E-state index >= 15 is 0 Å². The fourth-order valence-electron chi connectivity index (χ4n) is 5.05. The average Bonchev–Trinajstić information content (AvgIpc) is 2.92. The number of aromatic nitrogens is 3. The number of carbonyl (C=O) groups excluding carboxylic acids is 1. The number of benzene rings is 1. The smallest absolute Gasteiger partial charge is 0.255 e. The number of hydrogen-bond acceptors (Lipinski definition) is 6. The average molecular weight is 491 g/mol. The van der Waals surface area contributed by atoms with Crippen LogP contribution >= 0.6 is 0 Å². The minimum Gasteiger partial charge on any atom is -0.353 e. The molecule has 1 saturated carbocycles. The normalized spacial score (nSPS) is 20.6. The first kappa shape index (κ1) is 24.1. The molecule has 1 amide bonds. The van der Waals surface area contributed by atoms with Crippen LogP contribution in [0.2, 0.25) is 0 Å². The molecule has 1 aliphatic heterocycles. The zero-order chi connectivity index (χ0) is 24.9. The minimum absolute atomic E-state index is 0.118. The van der Waals surface area contributed by atoms with E-state index in [0.717, 1.165) is 51.6 Å². The molecule has 1 aromatic carbocycles. The Morgan fingerprint density at radius 2 is 1.78 bits per heavy atom. The number of halogens is 1. The molecule has 36 heavy (non-hydrogen) atoms. The van der Waals surface area contributed by atoms with Gasteiger partial charge in [-0.2, -0.15) is 0 Å². The van der Waals surface area contributed by atoms with Gasteiger partial charge in [0.1, 0.15) is 5.69 Å². The summed E-state index contributed by atoms with van der Waals surface area (Å²) in [5.41, 5.74) is 1.22. The van der Waals surface area contributed by atoms with E-state index in [9.17, 15) is 14.0 Å². The lowest BCUT2D eigenvalue weighted by molar-refractivity contribution is -0.126. The molecule has 0 unspecified atom stereocenters. The molecule has 0 atom stereocenters. The summed E-state index contributed by atoms with van der Waals surface area (Å²) in [4.78, 5) is 33.4. The Labute approximate surface area is 209 Å². The maximum atomic E-state index is 14.7. The van der Waals surface area contributed by atoms with E-state index in [4.69, 9.17) is 0 Å². The maximum Gasteiger partial charge on any atom is 0.255 e. The van der Waals surface area contributed by atoms with Crippen LogP contribution in [-0.2, 0) is 4.79 Å². The van der Waals surface area contributed by atoms with Crippen molar-refractivity contribution < 1.29 is 9.18 Å². The Balaban J connectivity index is 1.22. The number of nitrogens with zero attached hydrogens (tertiary/aromatic N) is 3. The predicted octanol–water partition coefficient (Wildman–Crippen LogP) is 3.27. The molecular weight excluding hydrogens is 459 g/mol. The van der Waals surface area contributed by atoms with Gasteiger partial charge in [-0.15, -0.1) is 0 Å². The molecule has 3 N–H and O–H groups in total. The molecule has 0 radical (unpaired) electrons. The molecule has 188 valence electrons. The van der Waals surface area contributed by atoms with Crippen molar-refractivity contribution in [2.45, 2.75) is 50.6 Å². The number of nitrogens with one attached hydrogen (secondary N) is 3. The fraction of sp³-hybridized carbons (Fsp3) is 0.407. The van der Waals surface area contributed by atoms with Gasteiger partial charge < -0.3 is 16.0 Å². The molecule has 2 fully saturated rings. The van der Waals surface area contributed by atoms with Crippen molar-refractivity contribution in [3.63, 3.8) is 0 Å². The van der Waals surface area contributed by atoms with E-state index in [-0.39, 0.29) is 35.2 Å². The Hall–Kier alpha value is -3.59. The third-order valence-corrected chi connectivity index (χ3v) is 7.08. The lowest BCUT2D eigenvalue weighted by atomic mass is 9.90. The first-order valence-electron chi connectivity index (χ1n) is 12.7. The minimum atomic E-state index is -0.526. The zero-order valence-electron chi connectivity index (χ0n) is 20.1. The van der Waals surface area contributed by atoms with Gasteiger partial charge in [0.2, 0.25) is 11.9 Å². The highest BCUT2D eigenvalue weighted by Gasteiger charge is 2.27. The van der Waals surface area contributed by atoms with Crippen molar-refractivity contribution in [1.82, 2.24) is 25.2 Å². The molecular formula is C27H31FN6O2. The molecule has 8 nitrogen and oxygen atoms in total. The van der Waals surface area contributed by atoms with Gasteiger partial charge in [0.05, 0.1) is 6.20 Å². The third-order valence-electron chi connectivity index (χ3n) is 7.08. The molecule has 3 aromatic rings. The Morgan fingerprint density at radius 3 is 2.56 bits per heavy atom. The predicted molar refractivity (Wildman–Crippen MR) is 136 cm³/mol. The Morgan fingerprint density at radius 1 is 1.00 bits per heavy atom. The molecule has 1 saturated heterocycles. The number of anilines is 1. The van der Waals surface area contributed by atoms with Gasteiger partial charge in [0, 0.05) is 41.5 Å². The maximum absolute atomic E-state index is 14.7. The molecule has 1 aliphatic carbocycles. The van der Waals surface area contributed by atoms with Crippen LogP contribution in [0.1, 0.15) is 38.5 Å². The molecule has 5 rings (SSSR count). The topological polar surface area (TPSA) is 101 Å². The second-order valence-corrected chi connectivity index (χ2v) is 9.58. The lowest BCUT2D eigenvalue weighted by Gasteiger charge is -2.31. The van der Waals surface area contributed by atoms with E-state index in [2.05, 4.69) is 25.9 Å². The van der Waals surface area contributed by atoms with Crippen LogP contribution in [0.5, 0.6) is 0 Å². The van der Waals surface area contributed by atoms with Crippen LogP contribution in [0.15, 0.2) is 59.7 Å². The second kappa shape index (κ2) is 11.0. The van der Waals surface area contributed by atoms with E-state index < -0.39 is 5.82 Å². The number of carbonyl (C=O) groups is 1. The number of pyridine rings is 1. The van der Waals surface area contributed by atoms with Crippen molar-refractivity contribution in [3.05, 3.63) is 71.0 Å². The van der Waals surface area contributed by atoms with Gasteiger partial charge in [-0.05, 0) is 69.8 Å². The summed E-state index contributed by atoms with van der Waals surface area (Å²) >= 11 is 0. The molecule has 0 bridgehead atoms. The molecule has 0 spiro atoms. The number of piperidine rings is 1.